The van der Waals surface area contributed by atoms with Crippen molar-refractivity contribution in [3.05, 3.63) is 64.7 Å². The zero-order valence-corrected chi connectivity index (χ0v) is 18.0. The maximum Gasteiger partial charge on any atom is 0.306 e. The Balaban J connectivity index is 1.87. The van der Waals surface area contributed by atoms with Crippen LogP contribution in [0.15, 0.2) is 53.4 Å². The minimum Gasteiger partial charge on any atom is -0.469 e. The van der Waals surface area contributed by atoms with Gasteiger partial charge in [0.2, 0.25) is 0 Å². The number of rotatable bonds is 10. The number of carbonyl (C=O) groups is 1. The van der Waals surface area contributed by atoms with E-state index in [1.807, 2.05) is 13.0 Å². The Hall–Kier alpha value is -1.93. The van der Waals surface area contributed by atoms with Crippen LogP contribution in [0.5, 0.6) is 0 Å². The minimum atomic E-state index is -3.53. The van der Waals surface area contributed by atoms with Crippen molar-refractivity contribution in [2.24, 2.45) is 0 Å². The zero-order chi connectivity index (χ0) is 21.4. The van der Waals surface area contributed by atoms with E-state index in [1.165, 1.54) is 7.11 Å². The van der Waals surface area contributed by atoms with E-state index in [1.54, 1.807) is 42.5 Å². The highest BCUT2D eigenvalue weighted by atomic mass is 35.5. The van der Waals surface area contributed by atoms with Crippen LogP contribution in [-0.4, -0.2) is 44.9 Å². The summed E-state index contributed by atoms with van der Waals surface area (Å²) in [4.78, 5) is 11.3. The molecule has 8 heteroatoms. The highest BCUT2D eigenvalue weighted by molar-refractivity contribution is 7.91. The van der Waals surface area contributed by atoms with Gasteiger partial charge in [-0.15, -0.1) is 0 Å². The molecule has 0 aliphatic rings. The highest BCUT2D eigenvalue weighted by Crippen LogP contribution is 2.18. The van der Waals surface area contributed by atoms with Crippen molar-refractivity contribution < 1.29 is 23.1 Å². The summed E-state index contributed by atoms with van der Waals surface area (Å²) in [6.07, 6.45) is -0.167. The van der Waals surface area contributed by atoms with Gasteiger partial charge in [-0.3, -0.25) is 4.79 Å². The SMILES string of the molecule is COC(=O)CCS(=O)(=O)c1ccc(CC(C)NCC(O)c2cccc(Cl)c2)cc1. The number of methoxy groups -OCH3 is 1. The Bertz CT molecular complexity index is 915. The lowest BCUT2D eigenvalue weighted by Crippen LogP contribution is -2.32. The molecule has 0 bridgehead atoms. The van der Waals surface area contributed by atoms with Crippen molar-refractivity contribution in [3.8, 4) is 0 Å². The van der Waals surface area contributed by atoms with E-state index in [0.29, 0.717) is 18.0 Å². The smallest absolute Gasteiger partial charge is 0.306 e. The normalized spacial score (nSPS) is 13.7. The van der Waals surface area contributed by atoms with Crippen LogP contribution >= 0.6 is 11.6 Å². The van der Waals surface area contributed by atoms with Gasteiger partial charge in [0.15, 0.2) is 9.84 Å². The van der Waals surface area contributed by atoms with E-state index < -0.39 is 21.9 Å². The second kappa shape index (κ2) is 10.7. The molecule has 0 spiro atoms. The van der Waals surface area contributed by atoms with Crippen molar-refractivity contribution >= 4 is 27.4 Å². The van der Waals surface area contributed by atoms with Gasteiger partial charge < -0.3 is 15.2 Å². The van der Waals surface area contributed by atoms with Gasteiger partial charge in [0.05, 0.1) is 30.3 Å². The second-order valence-electron chi connectivity index (χ2n) is 6.87. The van der Waals surface area contributed by atoms with Crippen molar-refractivity contribution in [2.45, 2.75) is 36.8 Å². The molecule has 2 N–H and O–H groups in total. The maximum atomic E-state index is 12.3. The van der Waals surface area contributed by atoms with Gasteiger partial charge in [0.25, 0.3) is 0 Å². The number of halogens is 1. The van der Waals surface area contributed by atoms with E-state index in [-0.39, 0.29) is 23.1 Å². The molecule has 2 aromatic rings. The summed E-state index contributed by atoms with van der Waals surface area (Å²) in [6, 6.07) is 13.8. The quantitative estimate of drug-likeness (QED) is 0.553. The van der Waals surface area contributed by atoms with Crippen LogP contribution in [0.1, 0.15) is 30.6 Å². The fourth-order valence-electron chi connectivity index (χ4n) is 2.84. The molecule has 2 unspecified atom stereocenters. The predicted octanol–water partition coefficient (Wildman–Crippen LogP) is 2.93. The van der Waals surface area contributed by atoms with E-state index in [4.69, 9.17) is 11.6 Å². The number of aliphatic hydroxyl groups is 1. The van der Waals surface area contributed by atoms with Gasteiger partial charge in [0.1, 0.15) is 0 Å². The molecular formula is C21H26ClNO5S. The van der Waals surface area contributed by atoms with Crippen LogP contribution in [0.4, 0.5) is 0 Å². The average Bonchev–Trinajstić information content (AvgIpc) is 2.70. The van der Waals surface area contributed by atoms with Crippen LogP contribution in [0, 0.1) is 0 Å². The average molecular weight is 440 g/mol. The Morgan fingerprint density at radius 3 is 2.52 bits per heavy atom. The number of esters is 1. The molecule has 0 aromatic heterocycles. The molecule has 158 valence electrons. The number of carbonyl (C=O) groups excluding carboxylic acids is 1. The molecule has 0 heterocycles. The monoisotopic (exact) mass is 439 g/mol. The number of ether oxygens (including phenoxy) is 1. The highest BCUT2D eigenvalue weighted by Gasteiger charge is 2.17. The lowest BCUT2D eigenvalue weighted by molar-refractivity contribution is -0.140. The lowest BCUT2D eigenvalue weighted by Gasteiger charge is -2.18. The summed E-state index contributed by atoms with van der Waals surface area (Å²) in [6.45, 7) is 2.37. The molecule has 2 aromatic carbocycles. The Morgan fingerprint density at radius 1 is 1.21 bits per heavy atom. The molecule has 0 amide bonds. The molecule has 0 aliphatic heterocycles. The third-order valence-corrected chi connectivity index (χ3v) is 6.49. The first-order valence-electron chi connectivity index (χ1n) is 9.26. The summed E-state index contributed by atoms with van der Waals surface area (Å²) in [7, 11) is -2.30. The van der Waals surface area contributed by atoms with Gasteiger partial charge in [-0.1, -0.05) is 35.9 Å². The fourth-order valence-corrected chi connectivity index (χ4v) is 4.26. The minimum absolute atomic E-state index is 0.0746. The fraction of sp³-hybridized carbons (Fsp3) is 0.381. The van der Waals surface area contributed by atoms with E-state index >= 15 is 0 Å². The van der Waals surface area contributed by atoms with E-state index in [2.05, 4.69) is 10.1 Å². The van der Waals surface area contributed by atoms with Crippen LogP contribution < -0.4 is 5.32 Å². The van der Waals surface area contributed by atoms with Crippen molar-refractivity contribution in [1.29, 1.82) is 0 Å². The third-order valence-electron chi connectivity index (χ3n) is 4.52. The Morgan fingerprint density at radius 2 is 1.90 bits per heavy atom. The number of nitrogens with one attached hydrogen (secondary N) is 1. The van der Waals surface area contributed by atoms with Gasteiger partial charge in [-0.2, -0.15) is 0 Å². The van der Waals surface area contributed by atoms with Gasteiger partial charge in [-0.25, -0.2) is 8.42 Å². The van der Waals surface area contributed by atoms with Crippen LogP contribution in [-0.2, 0) is 25.8 Å². The molecule has 0 saturated carbocycles. The third kappa shape index (κ3) is 7.44. The molecule has 0 saturated heterocycles. The molecule has 2 rings (SSSR count). The molecule has 29 heavy (non-hydrogen) atoms. The van der Waals surface area contributed by atoms with Gasteiger partial charge in [-0.05, 0) is 48.7 Å². The number of aliphatic hydroxyl groups excluding tert-OH is 1. The Labute approximate surface area is 176 Å². The van der Waals surface area contributed by atoms with Crippen molar-refractivity contribution in [2.75, 3.05) is 19.4 Å². The summed E-state index contributed by atoms with van der Waals surface area (Å²) in [5.41, 5.74) is 1.72. The van der Waals surface area contributed by atoms with Crippen LogP contribution in [0.25, 0.3) is 0 Å². The van der Waals surface area contributed by atoms with E-state index in [9.17, 15) is 18.3 Å². The topological polar surface area (TPSA) is 92.7 Å². The number of benzene rings is 2. The van der Waals surface area contributed by atoms with Crippen molar-refractivity contribution in [3.63, 3.8) is 0 Å². The first-order valence-corrected chi connectivity index (χ1v) is 11.3. The standard InChI is InChI=1S/C21H26ClNO5S/c1-15(23-14-20(24)17-4-3-5-18(22)13-17)12-16-6-8-19(9-7-16)29(26,27)11-10-21(25)28-2/h3-9,13,15,20,23-24H,10-12,14H2,1-2H3. The first kappa shape index (κ1) is 23.3. The van der Waals surface area contributed by atoms with Crippen LogP contribution in [0.3, 0.4) is 0 Å². The lowest BCUT2D eigenvalue weighted by atomic mass is 10.1. The van der Waals surface area contributed by atoms with E-state index in [0.717, 1.165) is 11.1 Å². The summed E-state index contributed by atoms with van der Waals surface area (Å²) in [5, 5.41) is 14.1. The largest absolute Gasteiger partial charge is 0.469 e. The molecular weight excluding hydrogens is 414 g/mol. The number of hydrogen-bond acceptors (Lipinski definition) is 6. The van der Waals surface area contributed by atoms with Crippen LogP contribution in [0.2, 0.25) is 5.02 Å². The zero-order valence-electron chi connectivity index (χ0n) is 16.5. The first-order chi connectivity index (χ1) is 13.7. The van der Waals surface area contributed by atoms with Gasteiger partial charge in [0, 0.05) is 17.6 Å². The molecule has 2 atom stereocenters. The van der Waals surface area contributed by atoms with Crippen molar-refractivity contribution in [1.82, 2.24) is 5.32 Å². The predicted molar refractivity (Wildman–Crippen MR) is 113 cm³/mol. The Kier molecular flexibility index (Phi) is 8.64. The van der Waals surface area contributed by atoms with Gasteiger partial charge >= 0.3 is 5.97 Å². The molecule has 0 fully saturated rings. The molecule has 6 nitrogen and oxygen atoms in total. The molecule has 0 radical (unpaired) electrons. The molecule has 0 aliphatic carbocycles. The number of sulfone groups is 1. The summed E-state index contributed by atoms with van der Waals surface area (Å²) in [5.74, 6) is -0.830. The second-order valence-corrected chi connectivity index (χ2v) is 9.42. The summed E-state index contributed by atoms with van der Waals surface area (Å²) >= 11 is 5.95. The summed E-state index contributed by atoms with van der Waals surface area (Å²) < 4.78 is 29.0. The maximum absolute atomic E-state index is 12.3. The number of hydrogen-bond donors (Lipinski definition) is 2.